The van der Waals surface area contributed by atoms with Crippen molar-refractivity contribution >= 4 is 28.2 Å². The Morgan fingerprint density at radius 3 is 3.00 bits per heavy atom. The van der Waals surface area contributed by atoms with Crippen LogP contribution in [-0.4, -0.2) is 9.38 Å². The van der Waals surface area contributed by atoms with Crippen molar-refractivity contribution in [2.45, 2.75) is 6.92 Å². The maximum absolute atomic E-state index is 4.31. The summed E-state index contributed by atoms with van der Waals surface area (Å²) < 4.78 is 3.27. The minimum absolute atomic E-state index is 1.02. The van der Waals surface area contributed by atoms with Gasteiger partial charge in [-0.2, -0.15) is 0 Å². The Labute approximate surface area is 78.4 Å². The second-order valence-corrected chi connectivity index (χ2v) is 3.74. The van der Waals surface area contributed by atoms with Crippen molar-refractivity contribution in [2.24, 2.45) is 0 Å². The summed E-state index contributed by atoms with van der Waals surface area (Å²) in [6.45, 7) is 2.00. The van der Waals surface area contributed by atoms with Crippen LogP contribution in [0.3, 0.4) is 0 Å². The zero-order valence-electron chi connectivity index (χ0n) is 6.08. The van der Waals surface area contributed by atoms with Gasteiger partial charge in [0.1, 0.15) is 5.65 Å². The Bertz CT molecular complexity index is 392. The van der Waals surface area contributed by atoms with Gasteiger partial charge in [0.2, 0.25) is 0 Å². The van der Waals surface area contributed by atoms with E-state index in [9.17, 15) is 0 Å². The molecule has 0 radical (unpaired) electrons. The molecule has 2 heterocycles. The van der Waals surface area contributed by atoms with Gasteiger partial charge in [0.05, 0.1) is 5.69 Å². The molecule has 0 aliphatic carbocycles. The van der Waals surface area contributed by atoms with Crippen LogP contribution in [0, 0.1) is 10.5 Å². The van der Waals surface area contributed by atoms with Crippen molar-refractivity contribution in [1.82, 2.24) is 9.38 Å². The fourth-order valence-corrected chi connectivity index (χ4v) is 1.57. The van der Waals surface area contributed by atoms with Crippen LogP contribution in [0.15, 0.2) is 24.5 Å². The molecule has 0 bridgehead atoms. The molecule has 0 spiro atoms. The van der Waals surface area contributed by atoms with Gasteiger partial charge in [-0.05, 0) is 41.6 Å². The monoisotopic (exact) mass is 258 g/mol. The minimum Gasteiger partial charge on any atom is -0.306 e. The van der Waals surface area contributed by atoms with Crippen LogP contribution in [0.5, 0.6) is 0 Å². The molecule has 2 aromatic heterocycles. The van der Waals surface area contributed by atoms with Gasteiger partial charge < -0.3 is 4.40 Å². The summed E-state index contributed by atoms with van der Waals surface area (Å²) in [6.07, 6.45) is 4.09. The van der Waals surface area contributed by atoms with Crippen LogP contribution in [-0.2, 0) is 0 Å². The van der Waals surface area contributed by atoms with E-state index in [1.54, 1.807) is 0 Å². The first-order valence-electron chi connectivity index (χ1n) is 3.36. The van der Waals surface area contributed by atoms with Crippen LogP contribution in [0.4, 0.5) is 0 Å². The van der Waals surface area contributed by atoms with Crippen LogP contribution in [0.2, 0.25) is 0 Å². The quantitative estimate of drug-likeness (QED) is 0.662. The van der Waals surface area contributed by atoms with Gasteiger partial charge >= 0.3 is 0 Å². The molecule has 3 heteroatoms. The molecule has 2 aromatic rings. The molecule has 0 saturated heterocycles. The standard InChI is InChI=1S/C8H7IN2/c1-6-4-11-5-7(9)2-3-8(11)10-6/h2-5H,1H3. The molecule has 11 heavy (non-hydrogen) atoms. The van der Waals surface area contributed by atoms with E-state index in [4.69, 9.17) is 0 Å². The second kappa shape index (κ2) is 2.48. The number of hydrogen-bond donors (Lipinski definition) is 0. The predicted molar refractivity (Wildman–Crippen MR) is 52.6 cm³/mol. The van der Waals surface area contributed by atoms with Gasteiger partial charge in [0, 0.05) is 16.0 Å². The number of halogens is 1. The van der Waals surface area contributed by atoms with Crippen molar-refractivity contribution in [2.75, 3.05) is 0 Å². The minimum atomic E-state index is 1.02. The van der Waals surface area contributed by atoms with Crippen molar-refractivity contribution in [3.8, 4) is 0 Å². The van der Waals surface area contributed by atoms with Crippen LogP contribution in [0.25, 0.3) is 5.65 Å². The highest BCUT2D eigenvalue weighted by atomic mass is 127. The SMILES string of the molecule is Cc1cn2cc(I)ccc2n1. The van der Waals surface area contributed by atoms with Gasteiger partial charge in [0.15, 0.2) is 0 Å². The molecular formula is C8H7IN2. The maximum atomic E-state index is 4.31. The summed E-state index contributed by atoms with van der Waals surface area (Å²) in [5, 5.41) is 0. The van der Waals surface area contributed by atoms with Gasteiger partial charge in [-0.1, -0.05) is 0 Å². The summed E-state index contributed by atoms with van der Waals surface area (Å²) in [7, 11) is 0. The molecule has 0 fully saturated rings. The normalized spacial score (nSPS) is 10.7. The third-order valence-electron chi connectivity index (χ3n) is 1.54. The van der Waals surface area contributed by atoms with E-state index in [1.807, 2.05) is 23.6 Å². The van der Waals surface area contributed by atoms with E-state index in [0.29, 0.717) is 0 Å². The van der Waals surface area contributed by atoms with Crippen molar-refractivity contribution in [3.63, 3.8) is 0 Å². The number of pyridine rings is 1. The van der Waals surface area contributed by atoms with E-state index >= 15 is 0 Å². The Hall–Kier alpha value is -0.580. The molecule has 0 aliphatic rings. The highest BCUT2D eigenvalue weighted by Gasteiger charge is 1.95. The van der Waals surface area contributed by atoms with Crippen LogP contribution in [0.1, 0.15) is 5.69 Å². The lowest BCUT2D eigenvalue weighted by Gasteiger charge is -1.91. The lowest BCUT2D eigenvalue weighted by atomic mass is 10.5. The molecule has 0 aliphatic heterocycles. The van der Waals surface area contributed by atoms with Crippen molar-refractivity contribution in [1.29, 1.82) is 0 Å². The van der Waals surface area contributed by atoms with E-state index in [2.05, 4.69) is 39.8 Å². The Morgan fingerprint density at radius 2 is 2.18 bits per heavy atom. The molecule has 2 nitrogen and oxygen atoms in total. The van der Waals surface area contributed by atoms with Gasteiger partial charge in [-0.25, -0.2) is 4.98 Å². The molecule has 2 rings (SSSR count). The van der Waals surface area contributed by atoms with Gasteiger partial charge in [0.25, 0.3) is 0 Å². The number of nitrogens with zero attached hydrogens (tertiary/aromatic N) is 2. The number of rotatable bonds is 0. The summed E-state index contributed by atoms with van der Waals surface area (Å²) >= 11 is 2.29. The summed E-state index contributed by atoms with van der Waals surface area (Å²) in [4.78, 5) is 4.31. The van der Waals surface area contributed by atoms with E-state index in [-0.39, 0.29) is 0 Å². The zero-order chi connectivity index (χ0) is 7.84. The van der Waals surface area contributed by atoms with E-state index in [1.165, 1.54) is 3.57 Å². The first kappa shape index (κ1) is 7.09. The molecule has 0 amide bonds. The lowest BCUT2D eigenvalue weighted by molar-refractivity contribution is 1.17. The van der Waals surface area contributed by atoms with Crippen LogP contribution >= 0.6 is 22.6 Å². The van der Waals surface area contributed by atoms with E-state index in [0.717, 1.165) is 11.3 Å². The highest BCUT2D eigenvalue weighted by Crippen LogP contribution is 2.08. The average Bonchev–Trinajstić information content (AvgIpc) is 2.27. The second-order valence-electron chi connectivity index (χ2n) is 2.50. The third kappa shape index (κ3) is 1.24. The van der Waals surface area contributed by atoms with Gasteiger partial charge in [-0.15, -0.1) is 0 Å². The van der Waals surface area contributed by atoms with Crippen molar-refractivity contribution in [3.05, 3.63) is 33.8 Å². The maximum Gasteiger partial charge on any atom is 0.137 e. The zero-order valence-corrected chi connectivity index (χ0v) is 8.24. The smallest absolute Gasteiger partial charge is 0.137 e. The van der Waals surface area contributed by atoms with Crippen LogP contribution < -0.4 is 0 Å². The van der Waals surface area contributed by atoms with E-state index < -0.39 is 0 Å². The van der Waals surface area contributed by atoms with Crippen molar-refractivity contribution < 1.29 is 0 Å². The lowest BCUT2D eigenvalue weighted by Crippen LogP contribution is -1.82. The first-order valence-corrected chi connectivity index (χ1v) is 4.44. The molecule has 0 atom stereocenters. The largest absolute Gasteiger partial charge is 0.306 e. The molecule has 56 valence electrons. The summed E-state index contributed by atoms with van der Waals surface area (Å²) in [5.74, 6) is 0. The fourth-order valence-electron chi connectivity index (χ4n) is 1.09. The third-order valence-corrected chi connectivity index (χ3v) is 2.17. The topological polar surface area (TPSA) is 17.3 Å². The number of aryl methyl sites for hydroxylation is 1. The Kier molecular flexibility index (Phi) is 1.60. The molecule has 0 saturated carbocycles. The summed E-state index contributed by atoms with van der Waals surface area (Å²) in [5.41, 5.74) is 2.08. The molecule has 0 aromatic carbocycles. The number of hydrogen-bond acceptors (Lipinski definition) is 1. The average molecular weight is 258 g/mol. The highest BCUT2D eigenvalue weighted by molar-refractivity contribution is 14.1. The Morgan fingerprint density at radius 1 is 1.36 bits per heavy atom. The first-order chi connectivity index (χ1) is 5.25. The molecule has 0 N–H and O–H groups in total. The number of aromatic nitrogens is 2. The fraction of sp³-hybridized carbons (Fsp3) is 0.125. The molecular weight excluding hydrogens is 251 g/mol. The predicted octanol–water partition coefficient (Wildman–Crippen LogP) is 2.25. The summed E-state index contributed by atoms with van der Waals surface area (Å²) in [6, 6.07) is 4.08. The number of fused-ring (bicyclic) bond motifs is 1. The molecule has 0 unspecified atom stereocenters. The number of imidazole rings is 1. The Balaban J connectivity index is 2.82. The van der Waals surface area contributed by atoms with Gasteiger partial charge in [-0.3, -0.25) is 0 Å².